The molecule has 0 amide bonds. The van der Waals surface area contributed by atoms with Crippen molar-refractivity contribution in [3.05, 3.63) is 34.9 Å². The van der Waals surface area contributed by atoms with Crippen molar-refractivity contribution < 1.29 is 14.6 Å². The molecule has 1 aromatic rings. The average Bonchev–Trinajstić information content (AvgIpc) is 3.09. The van der Waals surface area contributed by atoms with E-state index in [1.54, 1.807) is 0 Å². The number of fused-ring (bicyclic) bond motifs is 1. The number of benzene rings is 1. The maximum atomic E-state index is 9.52. The standard InChI is InChI=1S/C24H39NO3/c1-18(2)4-3-11-27-12-13-28-23-8-7-19-14-20(5-6-21(19)15-23)22-9-10-24(25,16-22)17-26/h5-6,14,18,22-23,26H,3-4,7-13,15-17,25H2,1-2H3/t22-,23-,24+/m0/s1. The van der Waals surface area contributed by atoms with Crippen LogP contribution in [0.25, 0.3) is 0 Å². The SMILES string of the molecule is CC(C)CCCOCCO[C@H]1CCc2cc([C@H]3CC[C@](N)(CO)C3)ccc2C1. The van der Waals surface area contributed by atoms with Crippen molar-refractivity contribution in [2.75, 3.05) is 26.4 Å². The summed E-state index contributed by atoms with van der Waals surface area (Å²) < 4.78 is 11.8. The second kappa shape index (κ2) is 10.2. The molecule has 1 aromatic carbocycles. The van der Waals surface area contributed by atoms with Crippen LogP contribution in [0.5, 0.6) is 0 Å². The van der Waals surface area contributed by atoms with Gasteiger partial charge in [0.2, 0.25) is 0 Å². The van der Waals surface area contributed by atoms with Crippen LogP contribution in [0.4, 0.5) is 0 Å². The first-order valence-electron chi connectivity index (χ1n) is 11.2. The first-order valence-corrected chi connectivity index (χ1v) is 11.2. The molecular formula is C24H39NO3. The van der Waals surface area contributed by atoms with Crippen molar-refractivity contribution in [2.24, 2.45) is 11.7 Å². The number of nitrogens with two attached hydrogens (primary N) is 1. The van der Waals surface area contributed by atoms with Gasteiger partial charge in [-0.15, -0.1) is 0 Å². The maximum Gasteiger partial charge on any atom is 0.0704 e. The molecule has 0 radical (unpaired) electrons. The monoisotopic (exact) mass is 389 g/mol. The smallest absolute Gasteiger partial charge is 0.0704 e. The molecule has 0 heterocycles. The Balaban J connectivity index is 1.41. The molecule has 1 fully saturated rings. The third kappa shape index (κ3) is 6.03. The normalized spacial score (nSPS) is 27.3. The predicted molar refractivity (Wildman–Crippen MR) is 114 cm³/mol. The lowest BCUT2D eigenvalue weighted by molar-refractivity contribution is -0.00137. The number of ether oxygens (including phenoxy) is 2. The summed E-state index contributed by atoms with van der Waals surface area (Å²) in [6.07, 6.45) is 8.76. The van der Waals surface area contributed by atoms with Crippen LogP contribution in [-0.4, -0.2) is 43.2 Å². The number of aliphatic hydroxyl groups is 1. The Morgan fingerprint density at radius 1 is 1.18 bits per heavy atom. The number of hydrogen-bond acceptors (Lipinski definition) is 4. The topological polar surface area (TPSA) is 64.7 Å². The fraction of sp³-hybridized carbons (Fsp3) is 0.750. The third-order valence-electron chi connectivity index (χ3n) is 6.49. The first-order chi connectivity index (χ1) is 13.5. The molecule has 158 valence electrons. The van der Waals surface area contributed by atoms with E-state index in [-0.39, 0.29) is 12.1 Å². The Labute approximate surface area is 170 Å². The van der Waals surface area contributed by atoms with Crippen molar-refractivity contribution in [1.29, 1.82) is 0 Å². The highest BCUT2D eigenvalue weighted by atomic mass is 16.5. The Morgan fingerprint density at radius 3 is 2.79 bits per heavy atom. The van der Waals surface area contributed by atoms with Crippen LogP contribution in [0.3, 0.4) is 0 Å². The Bertz CT molecular complexity index is 618. The van der Waals surface area contributed by atoms with Gasteiger partial charge in [-0.2, -0.15) is 0 Å². The molecule has 3 N–H and O–H groups in total. The molecule has 1 saturated carbocycles. The summed E-state index contributed by atoms with van der Waals surface area (Å²) >= 11 is 0. The average molecular weight is 390 g/mol. The van der Waals surface area contributed by atoms with Gasteiger partial charge in [0, 0.05) is 12.1 Å². The van der Waals surface area contributed by atoms with E-state index in [2.05, 4.69) is 32.0 Å². The minimum Gasteiger partial charge on any atom is -0.394 e. The second-order valence-corrected chi connectivity index (χ2v) is 9.37. The van der Waals surface area contributed by atoms with Crippen LogP contribution in [0.1, 0.15) is 75.0 Å². The number of aliphatic hydroxyl groups excluding tert-OH is 1. The van der Waals surface area contributed by atoms with Gasteiger partial charge in [-0.25, -0.2) is 0 Å². The lowest BCUT2D eigenvalue weighted by atomic mass is 9.85. The van der Waals surface area contributed by atoms with Gasteiger partial charge in [0.15, 0.2) is 0 Å². The third-order valence-corrected chi connectivity index (χ3v) is 6.49. The molecule has 0 spiro atoms. The van der Waals surface area contributed by atoms with Crippen LogP contribution in [0.2, 0.25) is 0 Å². The summed E-state index contributed by atoms with van der Waals surface area (Å²) in [6, 6.07) is 6.95. The van der Waals surface area contributed by atoms with Gasteiger partial charge in [0.1, 0.15) is 0 Å². The van der Waals surface area contributed by atoms with E-state index in [4.69, 9.17) is 15.2 Å². The number of hydrogen-bond donors (Lipinski definition) is 2. The molecule has 2 aliphatic rings. The van der Waals surface area contributed by atoms with Gasteiger partial charge in [-0.3, -0.25) is 0 Å². The van der Waals surface area contributed by atoms with Gasteiger partial charge in [0.25, 0.3) is 0 Å². The van der Waals surface area contributed by atoms with Crippen LogP contribution >= 0.6 is 0 Å². The minimum absolute atomic E-state index is 0.0922. The largest absolute Gasteiger partial charge is 0.394 e. The van der Waals surface area contributed by atoms with Gasteiger partial charge >= 0.3 is 0 Å². The molecule has 0 aromatic heterocycles. The summed E-state index contributed by atoms with van der Waals surface area (Å²) in [5, 5.41) is 9.52. The number of rotatable bonds is 10. The molecule has 28 heavy (non-hydrogen) atoms. The van der Waals surface area contributed by atoms with E-state index in [0.29, 0.717) is 25.2 Å². The fourth-order valence-electron chi connectivity index (χ4n) is 4.69. The molecule has 3 atom stereocenters. The second-order valence-electron chi connectivity index (χ2n) is 9.37. The molecule has 0 bridgehead atoms. The van der Waals surface area contributed by atoms with Crippen molar-refractivity contribution >= 4 is 0 Å². The zero-order valence-electron chi connectivity index (χ0n) is 17.8. The molecule has 2 aliphatic carbocycles. The van der Waals surface area contributed by atoms with Crippen LogP contribution in [0, 0.1) is 5.92 Å². The molecule has 0 unspecified atom stereocenters. The Morgan fingerprint density at radius 2 is 2.04 bits per heavy atom. The Kier molecular flexibility index (Phi) is 7.93. The highest BCUT2D eigenvalue weighted by molar-refractivity contribution is 5.36. The Hall–Kier alpha value is -0.940. The van der Waals surface area contributed by atoms with E-state index in [1.807, 2.05) is 0 Å². The highest BCUT2D eigenvalue weighted by Gasteiger charge is 2.36. The fourth-order valence-corrected chi connectivity index (χ4v) is 4.69. The van der Waals surface area contributed by atoms with Gasteiger partial charge in [0.05, 0.1) is 25.9 Å². The predicted octanol–water partition coefficient (Wildman–Crippen LogP) is 3.97. The summed E-state index contributed by atoms with van der Waals surface area (Å²) in [4.78, 5) is 0. The maximum absolute atomic E-state index is 9.52. The van der Waals surface area contributed by atoms with Crippen molar-refractivity contribution in [3.8, 4) is 0 Å². The van der Waals surface area contributed by atoms with Crippen LogP contribution < -0.4 is 5.73 Å². The summed E-state index contributed by atoms with van der Waals surface area (Å²) in [5.41, 5.74) is 10.2. The molecule has 4 nitrogen and oxygen atoms in total. The van der Waals surface area contributed by atoms with Gasteiger partial charge in [-0.1, -0.05) is 32.0 Å². The summed E-state index contributed by atoms with van der Waals surface area (Å²) in [6.45, 7) is 6.84. The van der Waals surface area contributed by atoms with Gasteiger partial charge in [-0.05, 0) is 79.9 Å². The minimum atomic E-state index is -0.379. The molecule has 3 rings (SSSR count). The lowest BCUT2D eigenvalue weighted by Crippen LogP contribution is -2.40. The van der Waals surface area contributed by atoms with E-state index in [0.717, 1.165) is 57.5 Å². The van der Waals surface area contributed by atoms with E-state index in [9.17, 15) is 5.11 Å². The summed E-state index contributed by atoms with van der Waals surface area (Å²) in [5.74, 6) is 1.24. The van der Waals surface area contributed by atoms with Gasteiger partial charge < -0.3 is 20.3 Å². The molecule has 4 heteroatoms. The molecule has 0 aliphatic heterocycles. The van der Waals surface area contributed by atoms with Crippen LogP contribution in [0.15, 0.2) is 18.2 Å². The number of aryl methyl sites for hydroxylation is 1. The lowest BCUT2D eigenvalue weighted by Gasteiger charge is -2.26. The van der Waals surface area contributed by atoms with E-state index >= 15 is 0 Å². The van der Waals surface area contributed by atoms with Crippen molar-refractivity contribution in [1.82, 2.24) is 0 Å². The highest BCUT2D eigenvalue weighted by Crippen LogP contribution is 2.40. The zero-order chi connectivity index (χ0) is 20.0. The van der Waals surface area contributed by atoms with Crippen molar-refractivity contribution in [3.63, 3.8) is 0 Å². The zero-order valence-corrected chi connectivity index (χ0v) is 17.8. The molecule has 0 saturated heterocycles. The van der Waals surface area contributed by atoms with E-state index < -0.39 is 0 Å². The van der Waals surface area contributed by atoms with Crippen molar-refractivity contribution in [2.45, 2.75) is 82.8 Å². The molecular weight excluding hydrogens is 350 g/mol. The first kappa shape index (κ1) is 21.8. The van der Waals surface area contributed by atoms with E-state index in [1.165, 1.54) is 23.1 Å². The quantitative estimate of drug-likeness (QED) is 0.594. The summed E-state index contributed by atoms with van der Waals surface area (Å²) in [7, 11) is 0. The van der Waals surface area contributed by atoms with Crippen LogP contribution in [-0.2, 0) is 22.3 Å².